The van der Waals surface area contributed by atoms with E-state index in [9.17, 15) is 13.6 Å². The van der Waals surface area contributed by atoms with Crippen LogP contribution in [0.4, 0.5) is 25.1 Å². The number of anilines is 2. The monoisotopic (exact) mass is 404 g/mol. The Labute approximate surface area is 166 Å². The summed E-state index contributed by atoms with van der Waals surface area (Å²) in [7, 11) is 0. The molecule has 2 aromatic rings. The molecule has 2 aliphatic heterocycles. The Bertz CT molecular complexity index is 878. The lowest BCUT2D eigenvalue weighted by atomic mass is 9.73. The van der Waals surface area contributed by atoms with Gasteiger partial charge in [-0.3, -0.25) is 5.32 Å². The van der Waals surface area contributed by atoms with E-state index in [1.54, 1.807) is 29.2 Å². The van der Waals surface area contributed by atoms with E-state index in [4.69, 9.17) is 10.5 Å². The Kier molecular flexibility index (Phi) is 5.23. The third-order valence-corrected chi connectivity index (χ3v) is 5.42. The second-order valence-electron chi connectivity index (χ2n) is 7.44. The highest BCUT2D eigenvalue weighted by Gasteiger charge is 2.45. The van der Waals surface area contributed by atoms with Crippen LogP contribution in [0.2, 0.25) is 0 Å². The van der Waals surface area contributed by atoms with Crippen molar-refractivity contribution in [3.05, 3.63) is 36.4 Å². The van der Waals surface area contributed by atoms with E-state index in [-0.39, 0.29) is 23.0 Å². The minimum atomic E-state index is -2.88. The molecule has 0 bridgehead atoms. The van der Waals surface area contributed by atoms with E-state index in [2.05, 4.69) is 15.0 Å². The van der Waals surface area contributed by atoms with Crippen LogP contribution >= 0.6 is 0 Å². The van der Waals surface area contributed by atoms with Gasteiger partial charge in [-0.2, -0.15) is 8.78 Å². The molecule has 2 aliphatic rings. The number of halogens is 2. The molecular formula is C20H22F2N4O3. The first-order chi connectivity index (χ1) is 13.9. The van der Waals surface area contributed by atoms with Crippen molar-refractivity contribution in [1.82, 2.24) is 9.88 Å². The van der Waals surface area contributed by atoms with Crippen molar-refractivity contribution in [2.24, 2.45) is 5.41 Å². The molecule has 2 saturated heterocycles. The molecule has 154 valence electrons. The first-order valence-electron chi connectivity index (χ1n) is 9.40. The van der Waals surface area contributed by atoms with Gasteiger partial charge in [0, 0.05) is 37.3 Å². The molecule has 29 heavy (non-hydrogen) atoms. The molecule has 0 unspecified atom stereocenters. The van der Waals surface area contributed by atoms with Gasteiger partial charge >= 0.3 is 12.6 Å². The molecule has 1 aromatic heterocycles. The number of carbonyl (C=O) groups is 1. The minimum Gasteiger partial charge on any atom is -0.435 e. The second-order valence-corrected chi connectivity index (χ2v) is 7.44. The van der Waals surface area contributed by atoms with Crippen LogP contribution in [0.15, 0.2) is 36.4 Å². The number of urea groups is 1. The van der Waals surface area contributed by atoms with Crippen LogP contribution < -0.4 is 15.8 Å². The predicted molar refractivity (Wildman–Crippen MR) is 104 cm³/mol. The molecule has 1 aromatic carbocycles. The zero-order valence-corrected chi connectivity index (χ0v) is 15.7. The number of nitrogens with zero attached hydrogens (tertiary/aromatic N) is 2. The molecule has 0 atom stereocenters. The number of carbonyl (C=O) groups excluding carboxylic acids is 1. The van der Waals surface area contributed by atoms with Crippen molar-refractivity contribution in [2.75, 3.05) is 37.4 Å². The zero-order chi connectivity index (χ0) is 20.4. The molecule has 2 amide bonds. The zero-order valence-electron chi connectivity index (χ0n) is 15.7. The number of rotatable bonds is 4. The van der Waals surface area contributed by atoms with Gasteiger partial charge in [0.25, 0.3) is 0 Å². The number of nitrogen functional groups attached to an aromatic ring is 1. The van der Waals surface area contributed by atoms with Gasteiger partial charge in [-0.05, 0) is 49.2 Å². The summed E-state index contributed by atoms with van der Waals surface area (Å²) in [6.07, 6.45) is 1.94. The lowest BCUT2D eigenvalue weighted by Crippen LogP contribution is -2.61. The molecule has 2 fully saturated rings. The summed E-state index contributed by atoms with van der Waals surface area (Å²) >= 11 is 0. The summed E-state index contributed by atoms with van der Waals surface area (Å²) < 4.78 is 34.3. The minimum absolute atomic E-state index is 0.0625. The Balaban J connectivity index is 1.42. The highest BCUT2D eigenvalue weighted by Crippen LogP contribution is 2.40. The van der Waals surface area contributed by atoms with Crippen LogP contribution in [0.3, 0.4) is 0 Å². The van der Waals surface area contributed by atoms with Gasteiger partial charge in [0.05, 0.1) is 11.4 Å². The van der Waals surface area contributed by atoms with Gasteiger partial charge in [-0.25, -0.2) is 9.78 Å². The van der Waals surface area contributed by atoms with Crippen LogP contribution in [0.1, 0.15) is 12.8 Å². The van der Waals surface area contributed by atoms with E-state index < -0.39 is 6.61 Å². The van der Waals surface area contributed by atoms with Crippen molar-refractivity contribution in [3.8, 4) is 17.0 Å². The lowest BCUT2D eigenvalue weighted by Gasteiger charge is -2.51. The number of aromatic nitrogens is 1. The fourth-order valence-corrected chi connectivity index (χ4v) is 3.75. The first-order valence-corrected chi connectivity index (χ1v) is 9.40. The smallest absolute Gasteiger partial charge is 0.387 e. The molecule has 9 heteroatoms. The molecule has 0 radical (unpaired) electrons. The number of hydrogen-bond donors (Lipinski definition) is 2. The molecular weight excluding hydrogens is 382 g/mol. The van der Waals surface area contributed by atoms with E-state index in [0.717, 1.165) is 26.1 Å². The van der Waals surface area contributed by atoms with Crippen molar-refractivity contribution in [1.29, 1.82) is 0 Å². The number of likely N-dealkylation sites (tertiary alicyclic amines) is 1. The standard InChI is InChI=1S/C20H22F2N4O3/c21-18(22)29-14-3-1-13(2-4-14)16-6-5-15(23)17(24-16)25-19(27)26-11-20(12-26)7-9-28-10-8-20/h1-6,18H,7-12,23H2,(H,24,25,27). The first kappa shape index (κ1) is 19.4. The number of nitrogens with two attached hydrogens (primary N) is 1. The second kappa shape index (κ2) is 7.82. The van der Waals surface area contributed by atoms with Crippen LogP contribution in [0.5, 0.6) is 5.75 Å². The van der Waals surface area contributed by atoms with Crippen LogP contribution in [0.25, 0.3) is 11.3 Å². The summed E-state index contributed by atoms with van der Waals surface area (Å²) in [6, 6.07) is 9.22. The van der Waals surface area contributed by atoms with Crippen molar-refractivity contribution in [3.63, 3.8) is 0 Å². The number of hydrogen-bond acceptors (Lipinski definition) is 5. The van der Waals surface area contributed by atoms with Crippen LogP contribution in [-0.2, 0) is 4.74 Å². The molecule has 0 aliphatic carbocycles. The number of alkyl halides is 2. The third-order valence-electron chi connectivity index (χ3n) is 5.42. The quantitative estimate of drug-likeness (QED) is 0.813. The molecule has 7 nitrogen and oxygen atoms in total. The highest BCUT2D eigenvalue weighted by atomic mass is 19.3. The molecule has 4 rings (SSSR count). The molecule has 1 spiro atoms. The fraction of sp³-hybridized carbons (Fsp3) is 0.400. The van der Waals surface area contributed by atoms with E-state index in [0.29, 0.717) is 30.0 Å². The number of nitrogens with one attached hydrogen (secondary N) is 1. The maximum atomic E-state index is 12.6. The third kappa shape index (κ3) is 4.24. The van der Waals surface area contributed by atoms with Crippen LogP contribution in [0, 0.1) is 5.41 Å². The van der Waals surface area contributed by atoms with Crippen molar-refractivity contribution < 1.29 is 23.0 Å². The van der Waals surface area contributed by atoms with E-state index in [1.807, 2.05) is 0 Å². The summed E-state index contributed by atoms with van der Waals surface area (Å²) in [5, 5.41) is 2.78. The number of benzene rings is 1. The number of ether oxygens (including phenoxy) is 2. The Morgan fingerprint density at radius 3 is 2.52 bits per heavy atom. The van der Waals surface area contributed by atoms with Crippen LogP contribution in [-0.4, -0.2) is 48.8 Å². The van der Waals surface area contributed by atoms with Gasteiger partial charge < -0.3 is 20.1 Å². The van der Waals surface area contributed by atoms with E-state index in [1.165, 1.54) is 12.1 Å². The number of pyridine rings is 1. The molecule has 0 saturated carbocycles. The number of amides is 2. The Hall–Kier alpha value is -2.94. The summed E-state index contributed by atoms with van der Waals surface area (Å²) in [4.78, 5) is 18.7. The van der Waals surface area contributed by atoms with Gasteiger partial charge in [0.1, 0.15) is 5.75 Å². The molecule has 3 N–H and O–H groups in total. The lowest BCUT2D eigenvalue weighted by molar-refractivity contribution is -0.0596. The summed E-state index contributed by atoms with van der Waals surface area (Å²) in [5.41, 5.74) is 7.75. The van der Waals surface area contributed by atoms with Crippen molar-refractivity contribution >= 4 is 17.5 Å². The normalized spacial score (nSPS) is 17.8. The Morgan fingerprint density at radius 2 is 1.86 bits per heavy atom. The largest absolute Gasteiger partial charge is 0.435 e. The highest BCUT2D eigenvalue weighted by molar-refractivity contribution is 5.92. The van der Waals surface area contributed by atoms with Gasteiger partial charge in [0.2, 0.25) is 0 Å². The molecule has 3 heterocycles. The fourth-order valence-electron chi connectivity index (χ4n) is 3.75. The Morgan fingerprint density at radius 1 is 1.17 bits per heavy atom. The predicted octanol–water partition coefficient (Wildman–Crippen LogP) is 3.58. The summed E-state index contributed by atoms with van der Waals surface area (Å²) in [6.45, 7) is 0.0141. The van der Waals surface area contributed by atoms with E-state index >= 15 is 0 Å². The topological polar surface area (TPSA) is 89.7 Å². The average molecular weight is 404 g/mol. The SMILES string of the molecule is Nc1ccc(-c2ccc(OC(F)F)cc2)nc1NC(=O)N1CC2(CCOCC2)C1. The average Bonchev–Trinajstić information content (AvgIpc) is 2.68. The summed E-state index contributed by atoms with van der Waals surface area (Å²) in [5.74, 6) is 0.334. The van der Waals surface area contributed by atoms with Gasteiger partial charge in [0.15, 0.2) is 5.82 Å². The van der Waals surface area contributed by atoms with Gasteiger partial charge in [-0.15, -0.1) is 0 Å². The van der Waals surface area contributed by atoms with Gasteiger partial charge in [-0.1, -0.05) is 0 Å². The maximum Gasteiger partial charge on any atom is 0.387 e. The van der Waals surface area contributed by atoms with Crippen molar-refractivity contribution in [2.45, 2.75) is 19.5 Å². The maximum absolute atomic E-state index is 12.6.